The monoisotopic (exact) mass is 199 g/mol. The van der Waals surface area contributed by atoms with E-state index in [9.17, 15) is 13.9 Å². The van der Waals surface area contributed by atoms with Crippen molar-refractivity contribution in [2.75, 3.05) is 6.54 Å². The molecule has 0 radical (unpaired) electrons. The highest BCUT2D eigenvalue weighted by atomic mass is 19.1. The number of aliphatic hydroxyl groups excluding tert-OH is 1. The van der Waals surface area contributed by atoms with Gasteiger partial charge in [0.15, 0.2) is 0 Å². The molecule has 0 saturated heterocycles. The van der Waals surface area contributed by atoms with Gasteiger partial charge in [0.1, 0.15) is 11.6 Å². The van der Waals surface area contributed by atoms with Gasteiger partial charge in [-0.1, -0.05) is 11.2 Å². The van der Waals surface area contributed by atoms with Gasteiger partial charge in [0.25, 0.3) is 0 Å². The Balaban J connectivity index is 2.89. The number of halogens is 2. The minimum absolute atomic E-state index is 0.0844. The maximum absolute atomic E-state index is 13.0. The van der Waals surface area contributed by atoms with Crippen molar-refractivity contribution in [2.24, 2.45) is 5.11 Å². The quantitative estimate of drug-likeness (QED) is 0.453. The molecule has 0 amide bonds. The third-order valence-electron chi connectivity index (χ3n) is 1.64. The van der Waals surface area contributed by atoms with Crippen LogP contribution < -0.4 is 0 Å². The highest BCUT2D eigenvalue weighted by molar-refractivity contribution is 5.21. The van der Waals surface area contributed by atoms with Gasteiger partial charge in [-0.15, -0.1) is 0 Å². The van der Waals surface area contributed by atoms with E-state index in [1.54, 1.807) is 0 Å². The van der Waals surface area contributed by atoms with E-state index < -0.39 is 17.7 Å². The lowest BCUT2D eigenvalue weighted by Gasteiger charge is -2.08. The van der Waals surface area contributed by atoms with Crippen molar-refractivity contribution in [1.29, 1.82) is 0 Å². The Morgan fingerprint density at radius 3 is 2.79 bits per heavy atom. The van der Waals surface area contributed by atoms with Crippen molar-refractivity contribution < 1.29 is 13.9 Å². The zero-order valence-corrected chi connectivity index (χ0v) is 7.06. The van der Waals surface area contributed by atoms with Crippen LogP contribution >= 0.6 is 0 Å². The fourth-order valence-electron chi connectivity index (χ4n) is 0.984. The number of hydrogen-bond donors (Lipinski definition) is 1. The van der Waals surface area contributed by atoms with Crippen LogP contribution in [0.3, 0.4) is 0 Å². The highest BCUT2D eigenvalue weighted by Crippen LogP contribution is 2.18. The van der Waals surface area contributed by atoms with Gasteiger partial charge in [0.2, 0.25) is 0 Å². The molecule has 0 heterocycles. The van der Waals surface area contributed by atoms with Crippen molar-refractivity contribution in [3.8, 4) is 0 Å². The number of rotatable bonds is 3. The summed E-state index contributed by atoms with van der Waals surface area (Å²) >= 11 is 0. The van der Waals surface area contributed by atoms with E-state index in [4.69, 9.17) is 5.53 Å². The molecule has 0 aromatic heterocycles. The molecule has 6 heteroatoms. The molecule has 1 aromatic carbocycles. The zero-order valence-electron chi connectivity index (χ0n) is 7.06. The van der Waals surface area contributed by atoms with E-state index in [-0.39, 0.29) is 12.1 Å². The molecule has 0 aliphatic carbocycles. The van der Waals surface area contributed by atoms with Crippen LogP contribution in [0, 0.1) is 11.6 Å². The second-order valence-corrected chi connectivity index (χ2v) is 2.60. The largest absolute Gasteiger partial charge is 0.388 e. The van der Waals surface area contributed by atoms with Gasteiger partial charge in [-0.3, -0.25) is 0 Å². The summed E-state index contributed by atoms with van der Waals surface area (Å²) in [6.07, 6.45) is -1.24. The van der Waals surface area contributed by atoms with Crippen molar-refractivity contribution in [2.45, 2.75) is 6.10 Å². The van der Waals surface area contributed by atoms with Crippen molar-refractivity contribution in [3.63, 3.8) is 0 Å². The Morgan fingerprint density at radius 1 is 1.50 bits per heavy atom. The predicted octanol–water partition coefficient (Wildman–Crippen LogP) is 2.31. The lowest BCUT2D eigenvalue weighted by atomic mass is 10.1. The SMILES string of the molecule is [N-]=[N+]=NC[C@@H](O)c1ccc(F)cc1F. The number of benzene rings is 1. The lowest BCUT2D eigenvalue weighted by molar-refractivity contribution is 0.181. The van der Waals surface area contributed by atoms with E-state index in [1.165, 1.54) is 0 Å². The molecule has 14 heavy (non-hydrogen) atoms. The standard InChI is InChI=1S/C8H7F2N3O/c9-5-1-2-6(7(10)3-5)8(14)4-12-13-11/h1-3,8,14H,4H2/t8-/m1/s1. The third kappa shape index (κ3) is 2.42. The fraction of sp³-hybridized carbons (Fsp3) is 0.250. The minimum atomic E-state index is -1.24. The summed E-state index contributed by atoms with van der Waals surface area (Å²) in [4.78, 5) is 2.42. The average Bonchev–Trinajstić information content (AvgIpc) is 2.14. The van der Waals surface area contributed by atoms with Crippen LogP contribution in [0.25, 0.3) is 10.4 Å². The molecule has 1 N–H and O–H groups in total. The summed E-state index contributed by atoms with van der Waals surface area (Å²) in [5.41, 5.74) is 7.88. The molecule has 1 aromatic rings. The molecule has 0 bridgehead atoms. The van der Waals surface area contributed by atoms with E-state index in [1.807, 2.05) is 0 Å². The molecule has 0 saturated carbocycles. The number of azide groups is 1. The lowest BCUT2D eigenvalue weighted by Crippen LogP contribution is -2.03. The van der Waals surface area contributed by atoms with Crippen LogP contribution in [0.5, 0.6) is 0 Å². The fourth-order valence-corrected chi connectivity index (χ4v) is 0.984. The van der Waals surface area contributed by atoms with Crippen LogP contribution in [-0.2, 0) is 0 Å². The number of aliphatic hydroxyl groups is 1. The van der Waals surface area contributed by atoms with Gasteiger partial charge < -0.3 is 5.11 Å². The van der Waals surface area contributed by atoms with E-state index in [0.29, 0.717) is 6.07 Å². The average molecular weight is 199 g/mol. The smallest absolute Gasteiger partial charge is 0.131 e. The summed E-state index contributed by atoms with van der Waals surface area (Å²) in [6, 6.07) is 2.80. The number of nitrogens with zero attached hydrogens (tertiary/aromatic N) is 3. The molecular formula is C8H7F2N3O. The van der Waals surface area contributed by atoms with Crippen LogP contribution in [0.1, 0.15) is 11.7 Å². The first-order valence-corrected chi connectivity index (χ1v) is 3.79. The zero-order chi connectivity index (χ0) is 10.6. The maximum Gasteiger partial charge on any atom is 0.131 e. The summed E-state index contributed by atoms with van der Waals surface area (Å²) in [5, 5.41) is 12.4. The molecule has 74 valence electrons. The third-order valence-corrected chi connectivity index (χ3v) is 1.64. The Bertz CT molecular complexity index is 377. The van der Waals surface area contributed by atoms with E-state index >= 15 is 0 Å². The Hall–Kier alpha value is -1.65. The Morgan fingerprint density at radius 2 is 2.21 bits per heavy atom. The van der Waals surface area contributed by atoms with Gasteiger partial charge in [0, 0.05) is 16.5 Å². The first-order chi connectivity index (χ1) is 6.65. The molecule has 4 nitrogen and oxygen atoms in total. The summed E-state index contributed by atoms with van der Waals surface area (Å²) < 4.78 is 25.5. The van der Waals surface area contributed by atoms with Crippen LogP contribution in [0.15, 0.2) is 23.3 Å². The van der Waals surface area contributed by atoms with Gasteiger partial charge in [-0.05, 0) is 11.6 Å². The maximum atomic E-state index is 13.0. The van der Waals surface area contributed by atoms with Crippen molar-refractivity contribution >= 4 is 0 Å². The van der Waals surface area contributed by atoms with Gasteiger partial charge in [-0.25, -0.2) is 8.78 Å². The summed E-state index contributed by atoms with van der Waals surface area (Å²) in [6.45, 7) is -0.279. The molecule has 0 unspecified atom stereocenters. The Kier molecular flexibility index (Phi) is 3.39. The molecule has 0 fully saturated rings. The van der Waals surface area contributed by atoms with Crippen LogP contribution in [0.4, 0.5) is 8.78 Å². The van der Waals surface area contributed by atoms with Gasteiger partial charge >= 0.3 is 0 Å². The molecule has 0 aliphatic heterocycles. The van der Waals surface area contributed by atoms with Gasteiger partial charge in [0.05, 0.1) is 12.6 Å². The van der Waals surface area contributed by atoms with E-state index in [2.05, 4.69) is 10.0 Å². The highest BCUT2D eigenvalue weighted by Gasteiger charge is 2.12. The predicted molar refractivity (Wildman–Crippen MR) is 45.3 cm³/mol. The summed E-state index contributed by atoms with van der Waals surface area (Å²) in [7, 11) is 0. The molecule has 0 aliphatic rings. The summed E-state index contributed by atoms with van der Waals surface area (Å²) in [5.74, 6) is -1.58. The molecule has 1 atom stereocenters. The molecule has 1 rings (SSSR count). The molecular weight excluding hydrogens is 192 g/mol. The topological polar surface area (TPSA) is 69.0 Å². The Labute approximate surface area is 78.4 Å². The second kappa shape index (κ2) is 4.55. The van der Waals surface area contributed by atoms with Crippen molar-refractivity contribution in [1.82, 2.24) is 0 Å². The minimum Gasteiger partial charge on any atom is -0.388 e. The van der Waals surface area contributed by atoms with E-state index in [0.717, 1.165) is 12.1 Å². The van der Waals surface area contributed by atoms with Crippen LogP contribution in [0.2, 0.25) is 0 Å². The number of hydrogen-bond acceptors (Lipinski definition) is 2. The van der Waals surface area contributed by atoms with Crippen LogP contribution in [-0.4, -0.2) is 11.7 Å². The van der Waals surface area contributed by atoms with Crippen molar-refractivity contribution in [3.05, 3.63) is 45.8 Å². The first kappa shape index (κ1) is 10.4. The van der Waals surface area contributed by atoms with Gasteiger partial charge in [-0.2, -0.15) is 0 Å². The second-order valence-electron chi connectivity index (χ2n) is 2.60. The normalized spacial score (nSPS) is 11.9. The first-order valence-electron chi connectivity index (χ1n) is 3.79. The molecule has 0 spiro atoms.